The molecule has 7 nitrogen and oxygen atoms in total. The van der Waals surface area contributed by atoms with Crippen molar-refractivity contribution < 1.29 is 28.6 Å². The second kappa shape index (κ2) is 10.4. The lowest BCUT2D eigenvalue weighted by Gasteiger charge is -2.22. The molecule has 0 radical (unpaired) electrons. The molecule has 0 fully saturated rings. The molecule has 0 amide bonds. The van der Waals surface area contributed by atoms with Gasteiger partial charge >= 0.3 is 11.9 Å². The molecule has 0 N–H and O–H groups in total. The predicted octanol–water partition coefficient (Wildman–Crippen LogP) is 1.94. The fourth-order valence-corrected chi connectivity index (χ4v) is 1.92. The van der Waals surface area contributed by atoms with E-state index in [1.165, 1.54) is 12.3 Å². The van der Waals surface area contributed by atoms with Crippen molar-refractivity contribution in [3.8, 4) is 0 Å². The highest BCUT2D eigenvalue weighted by Crippen LogP contribution is 2.14. The summed E-state index contributed by atoms with van der Waals surface area (Å²) in [4.78, 5) is 38.8. The largest absolute Gasteiger partial charge is 0.466 e. The average molecular weight is 349 g/mol. The van der Waals surface area contributed by atoms with Crippen LogP contribution in [0, 0.1) is 12.3 Å². The normalized spacial score (nSPS) is 10.7. The number of ketones is 1. The smallest absolute Gasteiger partial charge is 0.340 e. The highest BCUT2D eigenvalue weighted by atomic mass is 16.5. The van der Waals surface area contributed by atoms with Crippen molar-refractivity contribution in [2.24, 2.45) is 0 Å². The number of nitrogens with zero attached hydrogens (tertiary/aromatic N) is 1. The number of carbonyl (C=O) groups is 3. The molecule has 136 valence electrons. The van der Waals surface area contributed by atoms with E-state index in [1.54, 1.807) is 20.8 Å². The molecule has 1 rings (SSSR count). The second-order valence-corrected chi connectivity index (χ2v) is 5.69. The van der Waals surface area contributed by atoms with Crippen LogP contribution in [0.2, 0.25) is 0 Å². The Kier molecular flexibility index (Phi) is 8.57. The molecular formula is C18H23NO6. The van der Waals surface area contributed by atoms with Crippen LogP contribution in [-0.2, 0) is 23.8 Å². The van der Waals surface area contributed by atoms with Gasteiger partial charge in [0.2, 0.25) is 0 Å². The molecule has 0 unspecified atom stereocenters. The van der Waals surface area contributed by atoms with Gasteiger partial charge in [0.25, 0.3) is 0 Å². The number of aromatic nitrogens is 1. The first-order valence-corrected chi connectivity index (χ1v) is 8.10. The fraction of sp³-hybridized carbons (Fsp3) is 0.556. The number of hydrogen-bond donors (Lipinski definition) is 0. The van der Waals surface area contributed by atoms with Crippen LogP contribution >= 0.6 is 0 Å². The Labute approximate surface area is 147 Å². The molecule has 1 aromatic rings. The van der Waals surface area contributed by atoms with E-state index in [0.717, 1.165) is 0 Å². The summed E-state index contributed by atoms with van der Waals surface area (Å²) in [5.41, 5.74) is -0.615. The molecule has 0 spiro atoms. The third-order valence-electron chi connectivity index (χ3n) is 3.31. The van der Waals surface area contributed by atoms with Gasteiger partial charge in [-0.2, -0.15) is 0 Å². The average Bonchev–Trinajstić information content (AvgIpc) is 2.59. The van der Waals surface area contributed by atoms with Gasteiger partial charge in [-0.05, 0) is 26.8 Å². The monoisotopic (exact) mass is 349 g/mol. The predicted molar refractivity (Wildman–Crippen MR) is 87.7 cm³/mol. The first-order chi connectivity index (χ1) is 11.9. The molecule has 0 aromatic carbocycles. The number of esters is 2. The van der Waals surface area contributed by atoms with Crippen molar-refractivity contribution >= 4 is 17.7 Å². The number of Topliss-reactive ketones (excluding diaryl/α,β-unsaturated/α-hetero) is 1. The standard InChI is InChI=1S/C18H23NO6/c1-4-25-18(2,3)15(20)8-9-16(21)23-11-6-12-24-17(22)14-7-5-10-19-13-14/h7,13H,4,6,8-9,11-12H2,1-3H3. The van der Waals surface area contributed by atoms with Gasteiger partial charge in [0.05, 0.1) is 31.4 Å². The molecule has 1 aromatic heterocycles. The Morgan fingerprint density at radius 1 is 1.16 bits per heavy atom. The zero-order valence-electron chi connectivity index (χ0n) is 14.8. The summed E-state index contributed by atoms with van der Waals surface area (Å²) in [6, 6.07) is 3.98. The number of ether oxygens (including phenoxy) is 3. The number of hydrogen-bond acceptors (Lipinski definition) is 7. The molecule has 7 heteroatoms. The summed E-state index contributed by atoms with van der Waals surface area (Å²) < 4.78 is 15.3. The van der Waals surface area contributed by atoms with Crippen LogP contribution < -0.4 is 0 Å². The first-order valence-electron chi connectivity index (χ1n) is 8.10. The van der Waals surface area contributed by atoms with Gasteiger partial charge in [-0.25, -0.2) is 9.78 Å². The molecule has 25 heavy (non-hydrogen) atoms. The third kappa shape index (κ3) is 7.77. The fourth-order valence-electron chi connectivity index (χ4n) is 1.92. The van der Waals surface area contributed by atoms with E-state index >= 15 is 0 Å². The Morgan fingerprint density at radius 3 is 2.52 bits per heavy atom. The maximum absolute atomic E-state index is 11.9. The van der Waals surface area contributed by atoms with E-state index in [-0.39, 0.29) is 37.4 Å². The van der Waals surface area contributed by atoms with Gasteiger partial charge in [0.1, 0.15) is 5.60 Å². The first kappa shape index (κ1) is 20.6. The van der Waals surface area contributed by atoms with Crippen molar-refractivity contribution in [2.45, 2.75) is 45.6 Å². The lowest BCUT2D eigenvalue weighted by atomic mass is 9.99. The topological polar surface area (TPSA) is 91.8 Å². The number of rotatable bonds is 11. The zero-order valence-corrected chi connectivity index (χ0v) is 14.8. The van der Waals surface area contributed by atoms with Crippen molar-refractivity contribution in [1.82, 2.24) is 4.98 Å². The highest BCUT2D eigenvalue weighted by Gasteiger charge is 2.27. The minimum absolute atomic E-state index is 0.00283. The summed E-state index contributed by atoms with van der Waals surface area (Å²) >= 11 is 0. The number of carbonyl (C=O) groups excluding carboxylic acids is 3. The van der Waals surface area contributed by atoms with Gasteiger partial charge in [0, 0.05) is 31.7 Å². The van der Waals surface area contributed by atoms with Gasteiger partial charge in [0.15, 0.2) is 5.78 Å². The summed E-state index contributed by atoms with van der Waals surface area (Å²) in [5.74, 6) is -1.14. The molecule has 0 saturated heterocycles. The van der Waals surface area contributed by atoms with E-state index in [2.05, 4.69) is 17.2 Å². The molecular weight excluding hydrogens is 326 g/mol. The lowest BCUT2D eigenvalue weighted by molar-refractivity contribution is -0.148. The van der Waals surface area contributed by atoms with Gasteiger partial charge < -0.3 is 14.2 Å². The van der Waals surface area contributed by atoms with Crippen LogP contribution in [0.4, 0.5) is 0 Å². The lowest BCUT2D eigenvalue weighted by Crippen LogP contribution is -2.35. The molecule has 0 aliphatic carbocycles. The SMILES string of the molecule is CCOC(C)(C)C(=O)CCC(=O)OCCCOC(=O)c1cc#cnc1. The quantitative estimate of drug-likeness (QED) is 0.445. The van der Waals surface area contributed by atoms with Crippen molar-refractivity contribution in [1.29, 1.82) is 0 Å². The van der Waals surface area contributed by atoms with Crippen molar-refractivity contribution in [3.05, 3.63) is 30.1 Å². The summed E-state index contributed by atoms with van der Waals surface area (Å²) in [6.07, 6.45) is 4.20. The van der Waals surface area contributed by atoms with Crippen molar-refractivity contribution in [2.75, 3.05) is 19.8 Å². The van der Waals surface area contributed by atoms with E-state index in [9.17, 15) is 14.4 Å². The second-order valence-electron chi connectivity index (χ2n) is 5.69. The van der Waals surface area contributed by atoms with E-state index < -0.39 is 17.5 Å². The summed E-state index contributed by atoms with van der Waals surface area (Å²) in [5, 5.41) is 0. The molecule has 0 atom stereocenters. The van der Waals surface area contributed by atoms with Gasteiger partial charge in [-0.15, -0.1) is 0 Å². The van der Waals surface area contributed by atoms with E-state index in [0.29, 0.717) is 13.0 Å². The maximum atomic E-state index is 11.9. The van der Waals surface area contributed by atoms with Crippen LogP contribution in [0.15, 0.2) is 12.3 Å². The molecule has 1 heterocycles. The van der Waals surface area contributed by atoms with Crippen LogP contribution in [-0.4, -0.2) is 48.1 Å². The molecule has 0 saturated carbocycles. The third-order valence-corrected chi connectivity index (χ3v) is 3.31. The molecule has 0 aliphatic rings. The van der Waals surface area contributed by atoms with Gasteiger partial charge in [-0.3, -0.25) is 9.59 Å². The van der Waals surface area contributed by atoms with Crippen LogP contribution in [0.25, 0.3) is 0 Å². The maximum Gasteiger partial charge on any atom is 0.340 e. The summed E-state index contributed by atoms with van der Waals surface area (Å²) in [7, 11) is 0. The van der Waals surface area contributed by atoms with Gasteiger partial charge in [-0.1, -0.05) is 0 Å². The Bertz CT molecular complexity index is 570. The highest BCUT2D eigenvalue weighted by molar-refractivity contribution is 5.89. The van der Waals surface area contributed by atoms with E-state index in [1.807, 2.05) is 0 Å². The molecule has 0 aliphatic heterocycles. The van der Waals surface area contributed by atoms with Crippen LogP contribution in [0.5, 0.6) is 0 Å². The van der Waals surface area contributed by atoms with E-state index in [4.69, 9.17) is 14.2 Å². The minimum atomic E-state index is -0.898. The Morgan fingerprint density at radius 2 is 1.88 bits per heavy atom. The molecule has 0 bridgehead atoms. The Balaban J connectivity index is 2.15. The van der Waals surface area contributed by atoms with Crippen LogP contribution in [0.1, 0.15) is 50.4 Å². The zero-order chi connectivity index (χ0) is 18.7. The summed E-state index contributed by atoms with van der Waals surface area (Å²) in [6.45, 7) is 5.81. The van der Waals surface area contributed by atoms with Crippen LogP contribution in [0.3, 0.4) is 0 Å². The Hall–Kier alpha value is -2.46. The minimum Gasteiger partial charge on any atom is -0.466 e. The van der Waals surface area contributed by atoms with Crippen molar-refractivity contribution in [3.63, 3.8) is 0 Å².